The van der Waals surface area contributed by atoms with Gasteiger partial charge in [-0.05, 0) is 36.6 Å². The quantitative estimate of drug-likeness (QED) is 0.781. The number of rotatable bonds is 3. The van der Waals surface area contributed by atoms with Crippen molar-refractivity contribution in [1.82, 2.24) is 0 Å². The average molecular weight is 225 g/mol. The summed E-state index contributed by atoms with van der Waals surface area (Å²) in [4.78, 5) is 0. The summed E-state index contributed by atoms with van der Waals surface area (Å²) in [6.45, 7) is 4.34. The van der Waals surface area contributed by atoms with Crippen molar-refractivity contribution in [2.75, 3.05) is 5.73 Å². The molecule has 2 N–H and O–H groups in total. The van der Waals surface area contributed by atoms with Crippen molar-refractivity contribution in [3.8, 4) is 0 Å². The van der Waals surface area contributed by atoms with Crippen molar-refractivity contribution in [3.63, 3.8) is 0 Å². The molecule has 1 heteroatoms. The molecule has 2 aromatic rings. The van der Waals surface area contributed by atoms with Gasteiger partial charge in [0.25, 0.3) is 0 Å². The predicted molar refractivity (Wildman–Crippen MR) is 74.2 cm³/mol. The topological polar surface area (TPSA) is 26.0 Å². The van der Waals surface area contributed by atoms with Crippen molar-refractivity contribution in [2.45, 2.75) is 26.2 Å². The first-order valence-corrected chi connectivity index (χ1v) is 6.12. The number of nitrogen functional groups attached to an aromatic ring is 1. The smallest absolute Gasteiger partial charge is 0.0314 e. The molecule has 0 spiro atoms. The second-order valence-corrected chi connectivity index (χ2v) is 4.54. The Morgan fingerprint density at radius 1 is 0.882 bits per heavy atom. The van der Waals surface area contributed by atoms with E-state index in [4.69, 9.17) is 5.73 Å². The summed E-state index contributed by atoms with van der Waals surface area (Å²) in [5.74, 6) is 0.469. The van der Waals surface area contributed by atoms with Gasteiger partial charge in [-0.15, -0.1) is 0 Å². The zero-order chi connectivity index (χ0) is 12.3. The van der Waals surface area contributed by atoms with Gasteiger partial charge in [0, 0.05) is 11.6 Å². The summed E-state index contributed by atoms with van der Waals surface area (Å²) in [6.07, 6.45) is 1.10. The van der Waals surface area contributed by atoms with Gasteiger partial charge in [-0.25, -0.2) is 0 Å². The van der Waals surface area contributed by atoms with Crippen LogP contribution in [-0.4, -0.2) is 0 Å². The largest absolute Gasteiger partial charge is 0.399 e. The van der Waals surface area contributed by atoms with Crippen LogP contribution < -0.4 is 5.73 Å². The first-order valence-electron chi connectivity index (χ1n) is 6.12. The Labute approximate surface area is 103 Å². The SMILES string of the molecule is CCC(c1ccc(C)cc1)c1ccc(N)cc1. The minimum atomic E-state index is 0.469. The van der Waals surface area contributed by atoms with Crippen LogP contribution in [0.1, 0.15) is 36.0 Å². The molecule has 1 nitrogen and oxygen atoms in total. The van der Waals surface area contributed by atoms with E-state index >= 15 is 0 Å². The number of nitrogens with two attached hydrogens (primary N) is 1. The lowest BCUT2D eigenvalue weighted by molar-refractivity contribution is 0.777. The third-order valence-corrected chi connectivity index (χ3v) is 3.23. The zero-order valence-electron chi connectivity index (χ0n) is 10.5. The van der Waals surface area contributed by atoms with Crippen molar-refractivity contribution in [2.24, 2.45) is 0 Å². The molecule has 0 radical (unpaired) electrons. The van der Waals surface area contributed by atoms with Gasteiger partial charge in [0.2, 0.25) is 0 Å². The van der Waals surface area contributed by atoms with Crippen LogP contribution in [0, 0.1) is 6.92 Å². The molecule has 2 rings (SSSR count). The Hall–Kier alpha value is -1.76. The molecule has 0 amide bonds. The maximum Gasteiger partial charge on any atom is 0.0314 e. The van der Waals surface area contributed by atoms with Gasteiger partial charge in [-0.1, -0.05) is 48.9 Å². The molecular formula is C16H19N. The van der Waals surface area contributed by atoms with E-state index in [-0.39, 0.29) is 0 Å². The molecule has 1 atom stereocenters. The number of hydrogen-bond donors (Lipinski definition) is 1. The van der Waals surface area contributed by atoms with E-state index in [1.807, 2.05) is 12.1 Å². The van der Waals surface area contributed by atoms with Gasteiger partial charge in [0.15, 0.2) is 0 Å². The Morgan fingerprint density at radius 2 is 1.35 bits per heavy atom. The lowest BCUT2D eigenvalue weighted by Gasteiger charge is -2.16. The van der Waals surface area contributed by atoms with Crippen LogP contribution in [0.25, 0.3) is 0 Å². The molecule has 0 aromatic heterocycles. The predicted octanol–water partition coefficient (Wildman–Crippen LogP) is 4.12. The standard InChI is InChI=1S/C16H19N/c1-3-16(13-6-4-12(2)5-7-13)14-8-10-15(17)11-9-14/h4-11,16H,3,17H2,1-2H3. The Balaban J connectivity index is 2.33. The van der Waals surface area contributed by atoms with Gasteiger partial charge in [0.05, 0.1) is 0 Å². The van der Waals surface area contributed by atoms with E-state index in [1.54, 1.807) is 0 Å². The molecule has 2 aromatic carbocycles. The first-order chi connectivity index (χ1) is 8.20. The van der Waals surface area contributed by atoms with Crippen LogP contribution in [0.5, 0.6) is 0 Å². The van der Waals surface area contributed by atoms with Gasteiger partial charge < -0.3 is 5.73 Å². The molecule has 0 aliphatic heterocycles. The van der Waals surface area contributed by atoms with E-state index in [1.165, 1.54) is 16.7 Å². The fourth-order valence-electron chi connectivity index (χ4n) is 2.19. The minimum absolute atomic E-state index is 0.469. The van der Waals surface area contributed by atoms with E-state index in [0.717, 1.165) is 12.1 Å². The number of hydrogen-bond acceptors (Lipinski definition) is 1. The Morgan fingerprint density at radius 3 is 1.82 bits per heavy atom. The number of aryl methyl sites for hydroxylation is 1. The molecular weight excluding hydrogens is 206 g/mol. The van der Waals surface area contributed by atoms with Crippen LogP contribution in [-0.2, 0) is 0 Å². The highest BCUT2D eigenvalue weighted by Gasteiger charge is 2.11. The van der Waals surface area contributed by atoms with Crippen molar-refractivity contribution >= 4 is 5.69 Å². The highest BCUT2D eigenvalue weighted by molar-refractivity contribution is 5.42. The summed E-state index contributed by atoms with van der Waals surface area (Å²) >= 11 is 0. The van der Waals surface area contributed by atoms with Crippen LogP contribution in [0.2, 0.25) is 0 Å². The third kappa shape index (κ3) is 2.68. The molecule has 0 aliphatic rings. The number of benzene rings is 2. The molecule has 88 valence electrons. The third-order valence-electron chi connectivity index (χ3n) is 3.23. The normalized spacial score (nSPS) is 12.4. The molecule has 0 bridgehead atoms. The fourth-order valence-corrected chi connectivity index (χ4v) is 2.19. The highest BCUT2D eigenvalue weighted by atomic mass is 14.5. The van der Waals surface area contributed by atoms with Gasteiger partial charge >= 0.3 is 0 Å². The van der Waals surface area contributed by atoms with Gasteiger partial charge in [-0.3, -0.25) is 0 Å². The van der Waals surface area contributed by atoms with E-state index < -0.39 is 0 Å². The fraction of sp³-hybridized carbons (Fsp3) is 0.250. The molecule has 0 fully saturated rings. The summed E-state index contributed by atoms with van der Waals surface area (Å²) < 4.78 is 0. The van der Waals surface area contributed by atoms with Crippen LogP contribution in [0.3, 0.4) is 0 Å². The summed E-state index contributed by atoms with van der Waals surface area (Å²) in [5.41, 5.74) is 10.6. The summed E-state index contributed by atoms with van der Waals surface area (Å²) in [7, 11) is 0. The van der Waals surface area contributed by atoms with E-state index in [9.17, 15) is 0 Å². The highest BCUT2D eigenvalue weighted by Crippen LogP contribution is 2.28. The monoisotopic (exact) mass is 225 g/mol. The number of anilines is 1. The average Bonchev–Trinajstić information content (AvgIpc) is 2.35. The van der Waals surface area contributed by atoms with Gasteiger partial charge in [0.1, 0.15) is 0 Å². The van der Waals surface area contributed by atoms with Gasteiger partial charge in [-0.2, -0.15) is 0 Å². The zero-order valence-corrected chi connectivity index (χ0v) is 10.5. The molecule has 1 unspecified atom stereocenters. The lowest BCUT2D eigenvalue weighted by atomic mass is 9.89. The van der Waals surface area contributed by atoms with E-state index in [0.29, 0.717) is 5.92 Å². The summed E-state index contributed by atoms with van der Waals surface area (Å²) in [5, 5.41) is 0. The molecule has 0 saturated heterocycles. The van der Waals surface area contributed by atoms with Crippen molar-refractivity contribution in [1.29, 1.82) is 0 Å². The molecule has 0 aliphatic carbocycles. The van der Waals surface area contributed by atoms with Crippen LogP contribution in [0.4, 0.5) is 5.69 Å². The Bertz CT molecular complexity index is 422. The van der Waals surface area contributed by atoms with Crippen molar-refractivity contribution in [3.05, 3.63) is 65.2 Å². The first kappa shape index (κ1) is 11.7. The minimum Gasteiger partial charge on any atom is -0.399 e. The van der Waals surface area contributed by atoms with Crippen molar-refractivity contribution < 1.29 is 0 Å². The van der Waals surface area contributed by atoms with Crippen LogP contribution >= 0.6 is 0 Å². The molecule has 17 heavy (non-hydrogen) atoms. The summed E-state index contributed by atoms with van der Waals surface area (Å²) in [6, 6.07) is 17.0. The van der Waals surface area contributed by atoms with Crippen LogP contribution in [0.15, 0.2) is 48.5 Å². The van der Waals surface area contributed by atoms with E-state index in [2.05, 4.69) is 50.2 Å². The lowest BCUT2D eigenvalue weighted by Crippen LogP contribution is -2.00. The second kappa shape index (κ2) is 5.05. The maximum absolute atomic E-state index is 5.73. The second-order valence-electron chi connectivity index (χ2n) is 4.54. The molecule has 0 saturated carbocycles. The maximum atomic E-state index is 5.73. The molecule has 0 heterocycles. The Kier molecular flexibility index (Phi) is 3.48.